The number of carbonyl (C=O) groups excluding carboxylic acids is 1. The van der Waals surface area contributed by atoms with Crippen molar-refractivity contribution < 1.29 is 9.53 Å². The summed E-state index contributed by atoms with van der Waals surface area (Å²) < 4.78 is 7.44. The number of nitrogens with one attached hydrogen (secondary N) is 1. The summed E-state index contributed by atoms with van der Waals surface area (Å²) in [5.41, 5.74) is 4.11. The van der Waals surface area contributed by atoms with Gasteiger partial charge in [-0.2, -0.15) is 0 Å². The largest absolute Gasteiger partial charge is 0.496 e. The Morgan fingerprint density at radius 3 is 2.32 bits per heavy atom. The van der Waals surface area contributed by atoms with E-state index >= 15 is 0 Å². The summed E-state index contributed by atoms with van der Waals surface area (Å²) in [6.45, 7) is 0. The number of ether oxygens (including phenoxy) is 1. The molecule has 1 atom stereocenters. The van der Waals surface area contributed by atoms with Crippen LogP contribution in [-0.2, 0) is 18.3 Å². The van der Waals surface area contributed by atoms with Crippen LogP contribution in [0.1, 0.15) is 23.0 Å². The lowest BCUT2D eigenvalue weighted by Gasteiger charge is -2.21. The van der Waals surface area contributed by atoms with Crippen LogP contribution in [0.15, 0.2) is 91.3 Å². The lowest BCUT2D eigenvalue weighted by Crippen LogP contribution is -2.32. The molecule has 3 aromatic carbocycles. The van der Waals surface area contributed by atoms with Crippen molar-refractivity contribution in [2.24, 2.45) is 7.05 Å². The van der Waals surface area contributed by atoms with E-state index in [1.54, 1.807) is 13.3 Å². The van der Waals surface area contributed by atoms with Crippen LogP contribution in [0.3, 0.4) is 0 Å². The summed E-state index contributed by atoms with van der Waals surface area (Å²) in [4.78, 5) is 17.4. The van der Waals surface area contributed by atoms with Crippen molar-refractivity contribution in [1.82, 2.24) is 14.9 Å². The molecule has 1 heterocycles. The monoisotopic (exact) mass is 411 g/mol. The van der Waals surface area contributed by atoms with E-state index in [9.17, 15) is 4.79 Å². The maximum absolute atomic E-state index is 13.0. The van der Waals surface area contributed by atoms with E-state index in [4.69, 9.17) is 4.74 Å². The van der Waals surface area contributed by atoms with Gasteiger partial charge >= 0.3 is 0 Å². The van der Waals surface area contributed by atoms with Crippen LogP contribution in [0.4, 0.5) is 0 Å². The second-order valence-electron chi connectivity index (χ2n) is 7.38. The minimum atomic E-state index is -0.410. The van der Waals surface area contributed by atoms with Crippen molar-refractivity contribution in [3.8, 4) is 16.9 Å². The Labute approximate surface area is 182 Å². The highest BCUT2D eigenvalue weighted by atomic mass is 16.5. The normalized spacial score (nSPS) is 11.7. The third-order valence-corrected chi connectivity index (χ3v) is 5.30. The molecule has 0 bridgehead atoms. The molecule has 1 N–H and O–H groups in total. The zero-order chi connectivity index (χ0) is 21.6. The number of rotatable bonds is 7. The first kappa shape index (κ1) is 20.4. The number of benzene rings is 3. The summed E-state index contributed by atoms with van der Waals surface area (Å²) >= 11 is 0. The Morgan fingerprint density at radius 2 is 1.65 bits per heavy atom. The SMILES string of the molecule is COc1ccccc1C(NC(=O)Cc1ccc(-c2ccccc2)cc1)c1nccn1C. The average molecular weight is 412 g/mol. The quantitative estimate of drug-likeness (QED) is 0.486. The number of aryl methyl sites for hydroxylation is 1. The molecule has 5 nitrogen and oxygen atoms in total. The number of methoxy groups -OCH3 is 1. The number of nitrogens with zero attached hydrogens (tertiary/aromatic N) is 2. The van der Waals surface area contributed by atoms with Crippen molar-refractivity contribution in [2.75, 3.05) is 7.11 Å². The molecule has 0 fully saturated rings. The van der Waals surface area contributed by atoms with Crippen LogP contribution in [0, 0.1) is 0 Å². The molecule has 1 unspecified atom stereocenters. The fraction of sp³-hybridized carbons (Fsp3) is 0.154. The molecule has 0 aliphatic heterocycles. The third-order valence-electron chi connectivity index (χ3n) is 5.30. The molecule has 0 saturated carbocycles. The predicted octanol–water partition coefficient (Wildman–Crippen LogP) is 4.54. The highest BCUT2D eigenvalue weighted by molar-refractivity contribution is 5.80. The molecular formula is C26H25N3O2. The summed E-state index contributed by atoms with van der Waals surface area (Å²) in [6.07, 6.45) is 3.88. The minimum absolute atomic E-state index is 0.0774. The number of aromatic nitrogens is 2. The van der Waals surface area contributed by atoms with Crippen LogP contribution >= 0.6 is 0 Å². The third kappa shape index (κ3) is 4.67. The Bertz CT molecular complexity index is 1150. The zero-order valence-electron chi connectivity index (χ0n) is 17.7. The van der Waals surface area contributed by atoms with E-state index < -0.39 is 6.04 Å². The fourth-order valence-corrected chi connectivity index (χ4v) is 3.68. The Hall–Kier alpha value is -3.86. The van der Waals surface area contributed by atoms with Crippen LogP contribution in [-0.4, -0.2) is 22.6 Å². The Morgan fingerprint density at radius 1 is 0.968 bits per heavy atom. The standard InChI is InChI=1S/C26H25N3O2/c1-29-17-16-27-26(29)25(22-10-6-7-11-23(22)31-2)28-24(30)18-19-12-14-21(15-13-19)20-8-4-3-5-9-20/h3-17,25H,18H2,1-2H3,(H,28,30). The van der Waals surface area contributed by atoms with Gasteiger partial charge in [-0.15, -0.1) is 0 Å². The summed E-state index contributed by atoms with van der Waals surface area (Å²) in [5, 5.41) is 3.14. The number of imidazole rings is 1. The first-order chi connectivity index (χ1) is 15.2. The summed E-state index contributed by atoms with van der Waals surface area (Å²) in [5.74, 6) is 1.38. The predicted molar refractivity (Wildman–Crippen MR) is 122 cm³/mol. The first-order valence-corrected chi connectivity index (χ1v) is 10.2. The molecular weight excluding hydrogens is 386 g/mol. The van der Waals surface area contributed by atoms with Gasteiger partial charge in [0.25, 0.3) is 0 Å². The van der Waals surface area contributed by atoms with Crippen molar-refractivity contribution in [3.05, 3.63) is 108 Å². The Kier molecular flexibility index (Phi) is 6.13. The van der Waals surface area contributed by atoms with Gasteiger partial charge in [-0.25, -0.2) is 4.98 Å². The second kappa shape index (κ2) is 9.30. The molecule has 31 heavy (non-hydrogen) atoms. The molecule has 0 aliphatic rings. The molecule has 5 heteroatoms. The maximum atomic E-state index is 13.0. The molecule has 4 rings (SSSR count). The molecule has 0 spiro atoms. The highest BCUT2D eigenvalue weighted by Gasteiger charge is 2.23. The van der Waals surface area contributed by atoms with Crippen molar-refractivity contribution in [2.45, 2.75) is 12.5 Å². The molecule has 1 amide bonds. The van der Waals surface area contributed by atoms with Gasteiger partial charge in [0, 0.05) is 25.0 Å². The van der Waals surface area contributed by atoms with Gasteiger partial charge in [0.05, 0.1) is 13.5 Å². The van der Waals surface area contributed by atoms with Crippen LogP contribution in [0.2, 0.25) is 0 Å². The number of hydrogen-bond donors (Lipinski definition) is 1. The van der Waals surface area contributed by atoms with Gasteiger partial charge in [-0.3, -0.25) is 4.79 Å². The van der Waals surface area contributed by atoms with Crippen LogP contribution in [0.25, 0.3) is 11.1 Å². The summed E-state index contributed by atoms with van der Waals surface area (Å²) in [6, 6.07) is 25.6. The van der Waals surface area contributed by atoms with Gasteiger partial charge in [0.2, 0.25) is 5.91 Å². The van der Waals surface area contributed by atoms with Gasteiger partial charge < -0.3 is 14.6 Å². The van der Waals surface area contributed by atoms with Gasteiger partial charge in [-0.1, -0.05) is 72.8 Å². The molecule has 4 aromatic rings. The molecule has 156 valence electrons. The average Bonchev–Trinajstić information content (AvgIpc) is 3.24. The maximum Gasteiger partial charge on any atom is 0.225 e. The molecule has 1 aromatic heterocycles. The van der Waals surface area contributed by atoms with Crippen molar-refractivity contribution in [3.63, 3.8) is 0 Å². The zero-order valence-corrected chi connectivity index (χ0v) is 17.7. The second-order valence-corrected chi connectivity index (χ2v) is 7.38. The van der Waals surface area contributed by atoms with E-state index in [0.29, 0.717) is 5.75 Å². The molecule has 0 radical (unpaired) electrons. The van der Waals surface area contributed by atoms with Crippen molar-refractivity contribution >= 4 is 5.91 Å². The van der Waals surface area contributed by atoms with Crippen LogP contribution in [0.5, 0.6) is 5.75 Å². The van der Waals surface area contributed by atoms with E-state index in [-0.39, 0.29) is 12.3 Å². The van der Waals surface area contributed by atoms with Crippen molar-refractivity contribution in [1.29, 1.82) is 0 Å². The number of amides is 1. The highest BCUT2D eigenvalue weighted by Crippen LogP contribution is 2.29. The molecule has 0 saturated heterocycles. The first-order valence-electron chi connectivity index (χ1n) is 10.2. The van der Waals surface area contributed by atoms with E-state index in [1.165, 1.54) is 0 Å². The number of para-hydroxylation sites is 1. The van der Waals surface area contributed by atoms with E-state index in [2.05, 4.69) is 34.6 Å². The lowest BCUT2D eigenvalue weighted by atomic mass is 10.0. The van der Waals surface area contributed by atoms with Gasteiger partial charge in [-0.05, 0) is 22.8 Å². The van der Waals surface area contributed by atoms with E-state index in [1.807, 2.05) is 72.4 Å². The minimum Gasteiger partial charge on any atom is -0.496 e. The van der Waals surface area contributed by atoms with E-state index in [0.717, 1.165) is 28.1 Å². The number of hydrogen-bond acceptors (Lipinski definition) is 3. The fourth-order valence-electron chi connectivity index (χ4n) is 3.68. The van der Waals surface area contributed by atoms with Gasteiger partial charge in [0.15, 0.2) is 0 Å². The summed E-state index contributed by atoms with van der Waals surface area (Å²) in [7, 11) is 3.55. The smallest absolute Gasteiger partial charge is 0.225 e. The van der Waals surface area contributed by atoms with Gasteiger partial charge in [0.1, 0.15) is 17.6 Å². The lowest BCUT2D eigenvalue weighted by molar-refractivity contribution is -0.121. The van der Waals surface area contributed by atoms with Crippen LogP contribution < -0.4 is 10.1 Å². The number of carbonyl (C=O) groups is 1. The molecule has 0 aliphatic carbocycles. The Balaban J connectivity index is 1.54. The topological polar surface area (TPSA) is 56.1 Å².